The number of halogens is 1. The number of pyridine rings is 1. The molecule has 26 heavy (non-hydrogen) atoms. The molecule has 4 aromatic rings. The van der Waals surface area contributed by atoms with Crippen molar-refractivity contribution in [3.63, 3.8) is 0 Å². The molecule has 0 aliphatic heterocycles. The van der Waals surface area contributed by atoms with Crippen molar-refractivity contribution in [1.82, 2.24) is 14.5 Å². The normalized spacial score (nSPS) is 11.2. The minimum absolute atomic E-state index is 0.721. The van der Waals surface area contributed by atoms with Gasteiger partial charge in [-0.2, -0.15) is 0 Å². The van der Waals surface area contributed by atoms with Gasteiger partial charge in [-0.3, -0.25) is 4.98 Å². The molecule has 5 heteroatoms. The lowest BCUT2D eigenvalue weighted by atomic mass is 10.2. The second-order valence-electron chi connectivity index (χ2n) is 6.25. The molecule has 0 atom stereocenters. The summed E-state index contributed by atoms with van der Waals surface area (Å²) in [7, 11) is 0. The van der Waals surface area contributed by atoms with E-state index in [9.17, 15) is 0 Å². The first kappa shape index (κ1) is 17.1. The number of benzene rings is 2. The fourth-order valence-corrected chi connectivity index (χ4v) is 4.04. The van der Waals surface area contributed by atoms with Gasteiger partial charge in [-0.25, -0.2) is 4.98 Å². The quantitative estimate of drug-likeness (QED) is 0.414. The summed E-state index contributed by atoms with van der Waals surface area (Å²) in [6.45, 7) is 2.83. The third-order valence-corrected chi connectivity index (χ3v) is 5.52. The molecular weight excluding hydrogens is 362 g/mol. The highest BCUT2D eigenvalue weighted by molar-refractivity contribution is 7.98. The number of hydrogen-bond acceptors (Lipinski definition) is 3. The molecule has 2 aromatic heterocycles. The van der Waals surface area contributed by atoms with Crippen molar-refractivity contribution in [1.29, 1.82) is 0 Å². The molecule has 0 aliphatic carbocycles. The molecule has 0 radical (unpaired) electrons. The van der Waals surface area contributed by atoms with E-state index in [2.05, 4.69) is 46.8 Å². The van der Waals surface area contributed by atoms with Gasteiger partial charge in [0.25, 0.3) is 0 Å². The van der Waals surface area contributed by atoms with Crippen molar-refractivity contribution in [2.75, 3.05) is 0 Å². The third-order valence-electron chi connectivity index (χ3n) is 4.23. The summed E-state index contributed by atoms with van der Waals surface area (Å²) in [6.07, 6.45) is 3.66. The van der Waals surface area contributed by atoms with Crippen LogP contribution in [0.25, 0.3) is 11.0 Å². The molecule has 2 heterocycles. The highest BCUT2D eigenvalue weighted by atomic mass is 35.5. The minimum atomic E-state index is 0.721. The number of thioether (sulfide) groups is 1. The van der Waals surface area contributed by atoms with Crippen LogP contribution < -0.4 is 0 Å². The topological polar surface area (TPSA) is 30.7 Å². The molecule has 0 unspecified atom stereocenters. The summed E-state index contributed by atoms with van der Waals surface area (Å²) < 4.78 is 2.22. The van der Waals surface area contributed by atoms with Crippen LogP contribution in [0.2, 0.25) is 5.02 Å². The van der Waals surface area contributed by atoms with E-state index >= 15 is 0 Å². The maximum atomic E-state index is 6.15. The first-order chi connectivity index (χ1) is 12.7. The Morgan fingerprint density at radius 1 is 1.04 bits per heavy atom. The van der Waals surface area contributed by atoms with Crippen LogP contribution >= 0.6 is 23.4 Å². The van der Waals surface area contributed by atoms with Crippen molar-refractivity contribution in [2.24, 2.45) is 0 Å². The summed E-state index contributed by atoms with van der Waals surface area (Å²) in [4.78, 5) is 9.09. The second kappa shape index (κ2) is 7.52. The predicted octanol–water partition coefficient (Wildman–Crippen LogP) is 5.73. The lowest BCUT2D eigenvalue weighted by Gasteiger charge is -2.09. The number of fused-ring (bicyclic) bond motifs is 1. The smallest absolute Gasteiger partial charge is 0.169 e. The maximum absolute atomic E-state index is 6.15. The standard InChI is InChI=1S/C21H18ClN3S/c1-15-5-7-16(8-6-15)14-26-21-24-19-9-10-23-12-20(19)25(21)13-17-3-2-4-18(22)11-17/h2-12H,13-14H2,1H3. The minimum Gasteiger partial charge on any atom is -0.313 e. The van der Waals surface area contributed by atoms with Gasteiger partial charge in [0.2, 0.25) is 0 Å². The number of rotatable bonds is 5. The molecule has 0 N–H and O–H groups in total. The Labute approximate surface area is 162 Å². The van der Waals surface area contributed by atoms with E-state index in [1.54, 1.807) is 18.0 Å². The van der Waals surface area contributed by atoms with Crippen molar-refractivity contribution in [3.8, 4) is 0 Å². The Bertz CT molecular complexity index is 1040. The zero-order chi connectivity index (χ0) is 17.9. The van der Waals surface area contributed by atoms with E-state index in [-0.39, 0.29) is 0 Å². The van der Waals surface area contributed by atoms with Crippen molar-refractivity contribution in [3.05, 3.63) is 88.7 Å². The summed E-state index contributed by atoms with van der Waals surface area (Å²) in [5, 5.41) is 1.74. The van der Waals surface area contributed by atoms with Gasteiger partial charge >= 0.3 is 0 Å². The Balaban J connectivity index is 1.65. The number of hydrogen-bond donors (Lipinski definition) is 0. The molecule has 0 bridgehead atoms. The molecule has 2 aromatic carbocycles. The molecule has 0 aliphatic rings. The van der Waals surface area contributed by atoms with Crippen LogP contribution in [-0.2, 0) is 12.3 Å². The van der Waals surface area contributed by atoms with E-state index < -0.39 is 0 Å². The molecule has 0 amide bonds. The summed E-state index contributed by atoms with van der Waals surface area (Å²) in [6, 6.07) is 18.6. The van der Waals surface area contributed by atoms with Crippen molar-refractivity contribution in [2.45, 2.75) is 24.4 Å². The summed E-state index contributed by atoms with van der Waals surface area (Å²) in [5.41, 5.74) is 5.73. The van der Waals surface area contributed by atoms with Gasteiger partial charge in [-0.15, -0.1) is 0 Å². The van der Waals surface area contributed by atoms with E-state index in [0.717, 1.165) is 39.1 Å². The lowest BCUT2D eigenvalue weighted by Crippen LogP contribution is -2.02. The van der Waals surface area contributed by atoms with Gasteiger partial charge < -0.3 is 4.57 Å². The molecule has 0 saturated carbocycles. The van der Waals surface area contributed by atoms with Gasteiger partial charge in [0.05, 0.1) is 23.8 Å². The Hall–Kier alpha value is -2.30. The van der Waals surface area contributed by atoms with Crippen molar-refractivity contribution < 1.29 is 0 Å². The fourth-order valence-electron chi connectivity index (χ4n) is 2.86. The van der Waals surface area contributed by atoms with Gasteiger partial charge in [-0.1, -0.05) is 65.3 Å². The van der Waals surface area contributed by atoms with Crippen molar-refractivity contribution >= 4 is 34.4 Å². The average Bonchev–Trinajstić information content (AvgIpc) is 2.99. The zero-order valence-corrected chi connectivity index (χ0v) is 16.0. The van der Waals surface area contributed by atoms with Crippen LogP contribution in [-0.4, -0.2) is 14.5 Å². The zero-order valence-electron chi connectivity index (χ0n) is 14.4. The molecule has 4 rings (SSSR count). The second-order valence-corrected chi connectivity index (χ2v) is 7.63. The summed E-state index contributed by atoms with van der Waals surface area (Å²) >= 11 is 7.90. The molecule has 130 valence electrons. The Kier molecular flexibility index (Phi) is 4.96. The van der Waals surface area contributed by atoms with E-state index in [0.29, 0.717) is 0 Å². The molecule has 0 saturated heterocycles. The van der Waals surface area contributed by atoms with Gasteiger partial charge in [0, 0.05) is 17.0 Å². The van der Waals surface area contributed by atoms with E-state index in [1.807, 2.05) is 30.5 Å². The number of aromatic nitrogens is 3. The number of imidazole rings is 1. The van der Waals surface area contributed by atoms with Gasteiger partial charge in [0.1, 0.15) is 0 Å². The van der Waals surface area contributed by atoms with Crippen LogP contribution in [0.15, 0.2) is 72.1 Å². The molecular formula is C21H18ClN3S. The lowest BCUT2D eigenvalue weighted by molar-refractivity contribution is 0.730. The van der Waals surface area contributed by atoms with E-state index in [1.165, 1.54) is 11.1 Å². The molecule has 3 nitrogen and oxygen atoms in total. The van der Waals surface area contributed by atoms with Crippen LogP contribution in [0, 0.1) is 6.92 Å². The largest absolute Gasteiger partial charge is 0.313 e. The molecule has 0 spiro atoms. The van der Waals surface area contributed by atoms with Gasteiger partial charge in [-0.05, 0) is 36.2 Å². The predicted molar refractivity (Wildman–Crippen MR) is 109 cm³/mol. The van der Waals surface area contributed by atoms with Crippen LogP contribution in [0.5, 0.6) is 0 Å². The van der Waals surface area contributed by atoms with Crippen LogP contribution in [0.4, 0.5) is 0 Å². The highest BCUT2D eigenvalue weighted by Crippen LogP contribution is 2.27. The third kappa shape index (κ3) is 3.76. The Morgan fingerprint density at radius 2 is 1.88 bits per heavy atom. The monoisotopic (exact) mass is 379 g/mol. The number of nitrogens with zero attached hydrogens (tertiary/aromatic N) is 3. The highest BCUT2D eigenvalue weighted by Gasteiger charge is 2.12. The van der Waals surface area contributed by atoms with Crippen LogP contribution in [0.3, 0.4) is 0 Å². The first-order valence-corrected chi connectivity index (χ1v) is 9.78. The van der Waals surface area contributed by atoms with Gasteiger partial charge in [0.15, 0.2) is 5.16 Å². The average molecular weight is 380 g/mol. The van der Waals surface area contributed by atoms with Crippen LogP contribution in [0.1, 0.15) is 16.7 Å². The fraction of sp³-hybridized carbons (Fsp3) is 0.143. The summed E-state index contributed by atoms with van der Waals surface area (Å²) in [5.74, 6) is 0.882. The SMILES string of the molecule is Cc1ccc(CSc2nc3ccncc3n2Cc2cccc(Cl)c2)cc1. The van der Waals surface area contributed by atoms with E-state index in [4.69, 9.17) is 16.6 Å². The first-order valence-electron chi connectivity index (χ1n) is 8.42. The molecule has 0 fully saturated rings. The maximum Gasteiger partial charge on any atom is 0.169 e. The number of aryl methyl sites for hydroxylation is 1. The Morgan fingerprint density at radius 3 is 2.69 bits per heavy atom.